The van der Waals surface area contributed by atoms with Gasteiger partial charge in [0.25, 0.3) is 0 Å². The zero-order valence-corrected chi connectivity index (χ0v) is 9.80. The minimum absolute atomic E-state index is 0.0395. The maximum Gasteiger partial charge on any atom is 0.186 e. The molecule has 20 heavy (non-hydrogen) atoms. The van der Waals surface area contributed by atoms with Gasteiger partial charge in [0.05, 0.1) is 6.21 Å². The van der Waals surface area contributed by atoms with Gasteiger partial charge < -0.3 is 0 Å². The lowest BCUT2D eigenvalue weighted by molar-refractivity contribution is 0.458. The smallest absolute Gasteiger partial charge is 0.186 e. The van der Waals surface area contributed by atoms with Crippen LogP contribution in [0.4, 0.5) is 27.6 Å². The molecule has 2 rings (SSSR count). The van der Waals surface area contributed by atoms with Crippen LogP contribution in [-0.2, 0) is 0 Å². The van der Waals surface area contributed by atoms with E-state index in [1.807, 2.05) is 5.43 Å². The van der Waals surface area contributed by atoms with Crippen molar-refractivity contribution in [1.82, 2.24) is 0 Å². The van der Waals surface area contributed by atoms with Gasteiger partial charge in [0, 0.05) is 11.6 Å². The van der Waals surface area contributed by atoms with Gasteiger partial charge in [-0.3, -0.25) is 5.43 Å². The number of nitrogens with zero attached hydrogens (tertiary/aromatic N) is 1. The van der Waals surface area contributed by atoms with E-state index < -0.39 is 34.8 Å². The molecule has 0 aromatic heterocycles. The van der Waals surface area contributed by atoms with Crippen molar-refractivity contribution < 1.29 is 22.0 Å². The first kappa shape index (κ1) is 14.0. The van der Waals surface area contributed by atoms with Crippen LogP contribution in [0.5, 0.6) is 0 Å². The van der Waals surface area contributed by atoms with Crippen molar-refractivity contribution in [3.05, 3.63) is 65.0 Å². The zero-order chi connectivity index (χ0) is 14.7. The highest BCUT2D eigenvalue weighted by Gasteiger charge is 2.18. The van der Waals surface area contributed by atoms with Crippen LogP contribution in [-0.4, -0.2) is 6.21 Å². The van der Waals surface area contributed by atoms with Gasteiger partial charge in [-0.05, 0) is 6.07 Å². The number of benzene rings is 2. The molecule has 2 aromatic carbocycles. The van der Waals surface area contributed by atoms with E-state index in [4.69, 9.17) is 0 Å². The Hall–Kier alpha value is -2.44. The van der Waals surface area contributed by atoms with Gasteiger partial charge in [0.2, 0.25) is 0 Å². The van der Waals surface area contributed by atoms with Crippen LogP contribution >= 0.6 is 0 Å². The van der Waals surface area contributed by atoms with Gasteiger partial charge >= 0.3 is 0 Å². The van der Waals surface area contributed by atoms with E-state index in [9.17, 15) is 22.0 Å². The molecule has 0 heterocycles. The Labute approximate surface area is 110 Å². The van der Waals surface area contributed by atoms with E-state index in [1.54, 1.807) is 0 Å². The molecule has 0 aliphatic rings. The highest BCUT2D eigenvalue weighted by Crippen LogP contribution is 2.23. The van der Waals surface area contributed by atoms with Crippen LogP contribution in [0.2, 0.25) is 0 Å². The SMILES string of the molecule is Fc1ccccc1/C=N\Nc1c(F)c(F)cc(F)c1F. The van der Waals surface area contributed by atoms with E-state index in [0.29, 0.717) is 0 Å². The van der Waals surface area contributed by atoms with Crippen molar-refractivity contribution >= 4 is 11.9 Å². The first-order valence-electron chi connectivity index (χ1n) is 5.37. The molecule has 2 aromatic rings. The summed E-state index contributed by atoms with van der Waals surface area (Å²) in [6.07, 6.45) is 0.928. The molecule has 0 bridgehead atoms. The lowest BCUT2D eigenvalue weighted by Gasteiger charge is -2.05. The molecule has 0 amide bonds. The monoisotopic (exact) mass is 286 g/mol. The summed E-state index contributed by atoms with van der Waals surface area (Å²) in [5.41, 5.74) is 0.763. The van der Waals surface area contributed by atoms with Crippen molar-refractivity contribution in [2.75, 3.05) is 5.43 Å². The number of hydrogen-bond donors (Lipinski definition) is 1. The summed E-state index contributed by atoms with van der Waals surface area (Å²) in [6.45, 7) is 0. The Bertz CT molecular complexity index is 644. The molecule has 0 aliphatic carbocycles. The molecule has 104 valence electrons. The molecule has 1 N–H and O–H groups in total. The third-order valence-corrected chi connectivity index (χ3v) is 2.40. The fraction of sp³-hybridized carbons (Fsp3) is 0. The van der Waals surface area contributed by atoms with Gasteiger partial charge in [-0.1, -0.05) is 18.2 Å². The molecule has 0 fully saturated rings. The second-order valence-electron chi connectivity index (χ2n) is 3.73. The minimum atomic E-state index is -1.62. The average molecular weight is 286 g/mol. The number of hydrogen-bond acceptors (Lipinski definition) is 2. The summed E-state index contributed by atoms with van der Waals surface area (Å²) < 4.78 is 65.5. The van der Waals surface area contributed by atoms with Gasteiger partial charge in [-0.2, -0.15) is 5.10 Å². The number of anilines is 1. The van der Waals surface area contributed by atoms with Crippen LogP contribution in [0.3, 0.4) is 0 Å². The largest absolute Gasteiger partial charge is 0.272 e. The lowest BCUT2D eigenvalue weighted by Crippen LogP contribution is -2.03. The van der Waals surface area contributed by atoms with Gasteiger partial charge in [-0.15, -0.1) is 0 Å². The molecular weight excluding hydrogens is 279 g/mol. The predicted molar refractivity (Wildman–Crippen MR) is 63.9 cm³/mol. The fourth-order valence-corrected chi connectivity index (χ4v) is 1.42. The molecule has 0 unspecified atom stereocenters. The third-order valence-electron chi connectivity index (χ3n) is 2.40. The molecule has 0 saturated heterocycles. The van der Waals surface area contributed by atoms with E-state index in [2.05, 4.69) is 5.10 Å². The van der Waals surface area contributed by atoms with Gasteiger partial charge in [0.15, 0.2) is 23.3 Å². The van der Waals surface area contributed by atoms with E-state index in [1.165, 1.54) is 18.2 Å². The Morgan fingerprint density at radius 3 is 2.05 bits per heavy atom. The van der Waals surface area contributed by atoms with Crippen LogP contribution in [0.25, 0.3) is 0 Å². The Morgan fingerprint density at radius 2 is 1.45 bits per heavy atom. The fourth-order valence-electron chi connectivity index (χ4n) is 1.42. The topological polar surface area (TPSA) is 24.4 Å². The highest BCUT2D eigenvalue weighted by atomic mass is 19.2. The normalized spacial score (nSPS) is 11.1. The standard InChI is InChI=1S/C13H7F5N2/c14-8-4-2-1-3-7(8)6-19-20-13-11(17)9(15)5-10(16)12(13)18/h1-6,20H/b19-6-. The van der Waals surface area contributed by atoms with Crippen LogP contribution in [0.15, 0.2) is 35.4 Å². The molecule has 0 spiro atoms. The van der Waals surface area contributed by atoms with Crippen molar-refractivity contribution in [3.63, 3.8) is 0 Å². The molecule has 0 aliphatic heterocycles. The second kappa shape index (κ2) is 5.68. The summed E-state index contributed by atoms with van der Waals surface area (Å²) in [5.74, 6) is -6.96. The average Bonchev–Trinajstić information content (AvgIpc) is 2.42. The summed E-state index contributed by atoms with van der Waals surface area (Å²) >= 11 is 0. The minimum Gasteiger partial charge on any atom is -0.272 e. The lowest BCUT2D eigenvalue weighted by atomic mass is 10.2. The Kier molecular flexibility index (Phi) is 3.97. The van der Waals surface area contributed by atoms with Crippen LogP contribution in [0, 0.1) is 29.1 Å². The number of rotatable bonds is 3. The van der Waals surface area contributed by atoms with Gasteiger partial charge in [0.1, 0.15) is 11.5 Å². The van der Waals surface area contributed by atoms with Crippen LogP contribution in [0.1, 0.15) is 5.56 Å². The van der Waals surface area contributed by atoms with Crippen molar-refractivity contribution in [1.29, 1.82) is 0 Å². The maximum absolute atomic E-state index is 13.3. The molecule has 2 nitrogen and oxygen atoms in total. The van der Waals surface area contributed by atoms with E-state index >= 15 is 0 Å². The summed E-state index contributed by atoms with van der Waals surface area (Å²) in [6, 6.07) is 5.56. The van der Waals surface area contributed by atoms with Crippen molar-refractivity contribution in [2.45, 2.75) is 0 Å². The molecule has 0 saturated carbocycles. The summed E-state index contributed by atoms with van der Waals surface area (Å²) in [5, 5.41) is 3.35. The third kappa shape index (κ3) is 2.76. The first-order valence-corrected chi connectivity index (χ1v) is 5.37. The second-order valence-corrected chi connectivity index (χ2v) is 3.73. The van der Waals surface area contributed by atoms with Crippen molar-refractivity contribution in [2.24, 2.45) is 5.10 Å². The molecule has 0 radical (unpaired) electrons. The Balaban J connectivity index is 2.26. The maximum atomic E-state index is 13.3. The number of nitrogens with one attached hydrogen (secondary N) is 1. The number of hydrazone groups is 1. The van der Waals surface area contributed by atoms with Crippen molar-refractivity contribution in [3.8, 4) is 0 Å². The first-order chi connectivity index (χ1) is 9.50. The number of halogens is 5. The van der Waals surface area contributed by atoms with E-state index in [0.717, 1.165) is 12.3 Å². The van der Waals surface area contributed by atoms with E-state index in [-0.39, 0.29) is 11.6 Å². The highest BCUT2D eigenvalue weighted by molar-refractivity contribution is 5.80. The predicted octanol–water partition coefficient (Wildman–Crippen LogP) is 3.83. The van der Waals surface area contributed by atoms with Crippen LogP contribution < -0.4 is 5.43 Å². The molecule has 7 heteroatoms. The zero-order valence-electron chi connectivity index (χ0n) is 9.80. The summed E-state index contributed by atoms with van der Waals surface area (Å²) in [7, 11) is 0. The Morgan fingerprint density at radius 1 is 0.850 bits per heavy atom. The summed E-state index contributed by atoms with van der Waals surface area (Å²) in [4.78, 5) is 0. The quantitative estimate of drug-likeness (QED) is 0.394. The molecular formula is C13H7F5N2. The van der Waals surface area contributed by atoms with Gasteiger partial charge in [-0.25, -0.2) is 22.0 Å². The molecule has 0 atom stereocenters.